The van der Waals surface area contributed by atoms with Crippen molar-refractivity contribution in [2.45, 2.75) is 57.7 Å². The first-order chi connectivity index (χ1) is 15.0. The number of hydrogen-bond acceptors (Lipinski definition) is 5. The first-order valence-electron chi connectivity index (χ1n) is 12.3. The van der Waals surface area contributed by atoms with Crippen LogP contribution >= 0.6 is 0 Å². The lowest BCUT2D eigenvalue weighted by atomic mass is 9.53. The molecule has 6 rings (SSSR count). The Morgan fingerprint density at radius 2 is 1.97 bits per heavy atom. The van der Waals surface area contributed by atoms with Crippen molar-refractivity contribution < 1.29 is 14.3 Å². The minimum Gasteiger partial charge on any atom is -0.462 e. The van der Waals surface area contributed by atoms with E-state index in [1.54, 1.807) is 0 Å². The number of piperazine rings is 1. The number of anilines is 1. The Morgan fingerprint density at radius 3 is 2.71 bits per heavy atom. The smallest absolute Gasteiger partial charge is 0.310 e. The number of fused-ring (bicyclic) bond motifs is 3. The first kappa shape index (κ1) is 20.0. The minimum absolute atomic E-state index is 0.0396. The van der Waals surface area contributed by atoms with Crippen molar-refractivity contribution in [2.75, 3.05) is 44.2 Å². The highest BCUT2D eigenvalue weighted by atomic mass is 16.6. The number of aryl methyl sites for hydroxylation is 1. The van der Waals surface area contributed by atoms with Crippen LogP contribution in [0.25, 0.3) is 0 Å². The number of hydrogen-bond donors (Lipinski definition) is 0. The Hall–Kier alpha value is -1.59. The lowest BCUT2D eigenvalue weighted by molar-refractivity contribution is -0.147. The highest BCUT2D eigenvalue weighted by Crippen LogP contribution is 2.62. The van der Waals surface area contributed by atoms with Crippen LogP contribution in [-0.4, -0.2) is 61.9 Å². The van der Waals surface area contributed by atoms with Crippen molar-refractivity contribution in [1.29, 1.82) is 0 Å². The maximum atomic E-state index is 12.9. The number of carbonyl (C=O) groups excluding carboxylic acids is 1. The molecule has 3 aliphatic heterocycles. The summed E-state index contributed by atoms with van der Waals surface area (Å²) in [5, 5.41) is 0. The van der Waals surface area contributed by atoms with E-state index in [4.69, 9.17) is 9.47 Å². The fourth-order valence-corrected chi connectivity index (χ4v) is 7.46. The van der Waals surface area contributed by atoms with Gasteiger partial charge in [-0.05, 0) is 68.1 Å². The second kappa shape index (κ2) is 7.21. The number of rotatable bonds is 3. The molecule has 1 spiro atoms. The van der Waals surface area contributed by atoms with Crippen molar-refractivity contribution >= 4 is 11.7 Å². The molecule has 3 saturated heterocycles. The lowest BCUT2D eigenvalue weighted by Gasteiger charge is -2.51. The molecule has 31 heavy (non-hydrogen) atoms. The van der Waals surface area contributed by atoms with Gasteiger partial charge in [0, 0.05) is 44.3 Å². The van der Waals surface area contributed by atoms with E-state index in [1.807, 2.05) is 0 Å². The standard InChI is InChI=1S/C26H36N2O3/c1-18-5-3-6-19(13-18)28-11-9-27(10-12-28)16-21-20-14-23-25(2,15-22(20)31-24(21)29)7-4-8-26(23)17-30-26/h3,5-6,13,20-23H,4,7-12,14-17H2,1-2H3/t20-,21+,22-,23+,25-,26+/m1/s1. The summed E-state index contributed by atoms with van der Waals surface area (Å²) in [6.45, 7) is 10.5. The molecular weight excluding hydrogens is 388 g/mol. The van der Waals surface area contributed by atoms with E-state index in [0.29, 0.717) is 11.8 Å². The van der Waals surface area contributed by atoms with Gasteiger partial charge in [-0.3, -0.25) is 9.69 Å². The Kier molecular flexibility index (Phi) is 4.66. The molecule has 2 saturated carbocycles. The summed E-state index contributed by atoms with van der Waals surface area (Å²) in [6, 6.07) is 8.78. The van der Waals surface area contributed by atoms with Gasteiger partial charge in [0.1, 0.15) is 6.10 Å². The number of epoxide rings is 1. The van der Waals surface area contributed by atoms with E-state index in [-0.39, 0.29) is 29.0 Å². The molecule has 5 nitrogen and oxygen atoms in total. The molecule has 1 aromatic rings. The van der Waals surface area contributed by atoms with Crippen molar-refractivity contribution in [3.63, 3.8) is 0 Å². The van der Waals surface area contributed by atoms with Gasteiger partial charge < -0.3 is 14.4 Å². The van der Waals surface area contributed by atoms with E-state index in [2.05, 4.69) is 47.9 Å². The molecule has 3 heterocycles. The molecule has 5 heteroatoms. The van der Waals surface area contributed by atoms with Crippen LogP contribution in [0.15, 0.2) is 24.3 Å². The second-order valence-electron chi connectivity index (χ2n) is 11.2. The van der Waals surface area contributed by atoms with Crippen LogP contribution in [0.2, 0.25) is 0 Å². The predicted molar refractivity (Wildman–Crippen MR) is 120 cm³/mol. The van der Waals surface area contributed by atoms with E-state index in [9.17, 15) is 4.79 Å². The van der Waals surface area contributed by atoms with Gasteiger partial charge in [-0.25, -0.2) is 0 Å². The molecule has 168 valence electrons. The van der Waals surface area contributed by atoms with Crippen molar-refractivity contribution in [3.8, 4) is 0 Å². The van der Waals surface area contributed by atoms with Crippen LogP contribution in [-0.2, 0) is 14.3 Å². The zero-order chi connectivity index (χ0) is 21.2. The van der Waals surface area contributed by atoms with Crippen LogP contribution in [0.3, 0.4) is 0 Å². The third-order valence-corrected chi connectivity index (χ3v) is 9.27. The van der Waals surface area contributed by atoms with Crippen LogP contribution in [0.5, 0.6) is 0 Å². The fourth-order valence-electron chi connectivity index (χ4n) is 7.46. The summed E-state index contributed by atoms with van der Waals surface area (Å²) in [5.74, 6) is 1.08. The number of esters is 1. The maximum Gasteiger partial charge on any atom is 0.310 e. The molecule has 0 bridgehead atoms. The summed E-state index contributed by atoms with van der Waals surface area (Å²) in [6.07, 6.45) is 6.01. The first-order valence-corrected chi connectivity index (χ1v) is 12.3. The third kappa shape index (κ3) is 3.39. The molecule has 2 aliphatic carbocycles. The monoisotopic (exact) mass is 424 g/mol. The van der Waals surface area contributed by atoms with Gasteiger partial charge in [0.15, 0.2) is 0 Å². The zero-order valence-corrected chi connectivity index (χ0v) is 19.0. The fraction of sp³-hybridized carbons (Fsp3) is 0.731. The molecule has 5 fully saturated rings. The largest absolute Gasteiger partial charge is 0.462 e. The zero-order valence-electron chi connectivity index (χ0n) is 19.0. The van der Waals surface area contributed by atoms with E-state index < -0.39 is 0 Å². The summed E-state index contributed by atoms with van der Waals surface area (Å²) < 4.78 is 12.1. The topological polar surface area (TPSA) is 45.3 Å². The number of carbonyl (C=O) groups is 1. The van der Waals surface area contributed by atoms with Gasteiger partial charge >= 0.3 is 5.97 Å². The Bertz CT molecular complexity index is 860. The molecule has 6 atom stereocenters. The van der Waals surface area contributed by atoms with Crippen LogP contribution in [0, 0.1) is 30.1 Å². The number of benzene rings is 1. The second-order valence-corrected chi connectivity index (χ2v) is 11.2. The highest BCUT2D eigenvalue weighted by Gasteiger charge is 2.65. The van der Waals surface area contributed by atoms with Crippen LogP contribution < -0.4 is 4.90 Å². The molecule has 0 N–H and O–H groups in total. The maximum absolute atomic E-state index is 12.9. The van der Waals surface area contributed by atoms with Crippen molar-refractivity contribution in [2.24, 2.45) is 23.2 Å². The molecule has 0 unspecified atom stereocenters. The van der Waals surface area contributed by atoms with Gasteiger partial charge in [0.25, 0.3) is 0 Å². The number of nitrogens with zero attached hydrogens (tertiary/aromatic N) is 2. The van der Waals surface area contributed by atoms with Crippen molar-refractivity contribution in [1.82, 2.24) is 4.90 Å². The lowest BCUT2D eigenvalue weighted by Crippen LogP contribution is -2.52. The Morgan fingerprint density at radius 1 is 1.16 bits per heavy atom. The van der Waals surface area contributed by atoms with E-state index in [0.717, 1.165) is 52.2 Å². The summed E-state index contributed by atoms with van der Waals surface area (Å²) in [7, 11) is 0. The van der Waals surface area contributed by atoms with Gasteiger partial charge in [0.2, 0.25) is 0 Å². The minimum atomic E-state index is 0.0396. The van der Waals surface area contributed by atoms with Gasteiger partial charge in [0.05, 0.1) is 18.1 Å². The summed E-state index contributed by atoms with van der Waals surface area (Å²) in [4.78, 5) is 17.9. The molecule has 0 radical (unpaired) electrons. The average Bonchev–Trinajstić information content (AvgIpc) is 3.45. The Labute approximate surface area is 186 Å². The Balaban J connectivity index is 1.12. The quantitative estimate of drug-likeness (QED) is 0.548. The summed E-state index contributed by atoms with van der Waals surface area (Å²) in [5.41, 5.74) is 3.04. The van der Waals surface area contributed by atoms with Gasteiger partial charge in [-0.2, -0.15) is 0 Å². The molecule has 1 aromatic carbocycles. The van der Waals surface area contributed by atoms with E-state index >= 15 is 0 Å². The normalized spacial score (nSPS) is 42.3. The average molecular weight is 425 g/mol. The van der Waals surface area contributed by atoms with Gasteiger partial charge in [-0.15, -0.1) is 0 Å². The highest BCUT2D eigenvalue weighted by molar-refractivity contribution is 5.75. The van der Waals surface area contributed by atoms with Crippen molar-refractivity contribution in [3.05, 3.63) is 29.8 Å². The van der Waals surface area contributed by atoms with E-state index in [1.165, 1.54) is 30.5 Å². The summed E-state index contributed by atoms with van der Waals surface area (Å²) >= 11 is 0. The van der Waals surface area contributed by atoms with Crippen LogP contribution in [0.1, 0.15) is 44.6 Å². The molecule has 0 amide bonds. The third-order valence-electron chi connectivity index (χ3n) is 9.27. The van der Waals surface area contributed by atoms with Gasteiger partial charge in [-0.1, -0.05) is 19.1 Å². The van der Waals surface area contributed by atoms with Crippen LogP contribution in [0.4, 0.5) is 5.69 Å². The molecule has 0 aromatic heterocycles. The molecule has 5 aliphatic rings. The number of ether oxygens (including phenoxy) is 2. The predicted octanol–water partition coefficient (Wildman–Crippen LogP) is 3.64. The SMILES string of the molecule is Cc1cccc(N2CCN(C[C@@H]3C(=O)O[C@@H]4C[C@@]5(C)CCC[C@]6(CO6)[C@H]5C[C@H]34)CC2)c1. The molecular formula is C26H36N2O3.